The Morgan fingerprint density at radius 2 is 1.70 bits per heavy atom. The predicted octanol–water partition coefficient (Wildman–Crippen LogP) is 3.67. The van der Waals surface area contributed by atoms with Gasteiger partial charge in [-0.3, -0.25) is 9.59 Å². The van der Waals surface area contributed by atoms with Gasteiger partial charge in [0.15, 0.2) is 5.78 Å². The molecule has 0 aromatic heterocycles. The fourth-order valence-corrected chi connectivity index (χ4v) is 2.55. The molecule has 0 aliphatic rings. The van der Waals surface area contributed by atoms with Gasteiger partial charge in [0.1, 0.15) is 5.60 Å². The molecule has 1 rings (SSSR count). The lowest BCUT2D eigenvalue weighted by Gasteiger charge is -2.19. The highest BCUT2D eigenvalue weighted by Crippen LogP contribution is 2.16. The normalized spacial score (nSPS) is 11.2. The molecule has 110 valence electrons. The summed E-state index contributed by atoms with van der Waals surface area (Å²) >= 11 is 2.92. The minimum absolute atomic E-state index is 0.0335. The third kappa shape index (κ3) is 6.48. The SMILES string of the molecule is CSc1ccc(C(=O)CSCC(=O)OC(C)(C)C)cc1. The van der Waals surface area contributed by atoms with Gasteiger partial charge in [0.25, 0.3) is 0 Å². The minimum atomic E-state index is -0.477. The number of hydrogen-bond acceptors (Lipinski definition) is 5. The Labute approximate surface area is 128 Å². The molecule has 0 aliphatic carbocycles. The molecule has 20 heavy (non-hydrogen) atoms. The number of benzene rings is 1. The summed E-state index contributed by atoms with van der Waals surface area (Å²) < 4.78 is 5.18. The van der Waals surface area contributed by atoms with Crippen LogP contribution in [0.5, 0.6) is 0 Å². The third-order valence-electron chi connectivity index (χ3n) is 2.29. The van der Waals surface area contributed by atoms with Crippen LogP contribution in [0.4, 0.5) is 0 Å². The lowest BCUT2D eigenvalue weighted by molar-refractivity contribution is -0.151. The van der Waals surface area contributed by atoms with Crippen LogP contribution in [0.15, 0.2) is 29.2 Å². The summed E-state index contributed by atoms with van der Waals surface area (Å²) in [5.74, 6) is 0.239. The summed E-state index contributed by atoms with van der Waals surface area (Å²) in [5, 5.41) is 0. The van der Waals surface area contributed by atoms with E-state index in [9.17, 15) is 9.59 Å². The number of Topliss-reactive ketones (excluding diaryl/α,β-unsaturated/α-hetero) is 1. The van der Waals surface area contributed by atoms with Gasteiger partial charge >= 0.3 is 5.97 Å². The van der Waals surface area contributed by atoms with Crippen molar-refractivity contribution >= 4 is 35.3 Å². The second kappa shape index (κ2) is 7.74. The maximum absolute atomic E-state index is 11.9. The number of carbonyl (C=O) groups is 2. The van der Waals surface area contributed by atoms with E-state index in [1.807, 2.05) is 51.3 Å². The minimum Gasteiger partial charge on any atom is -0.459 e. The van der Waals surface area contributed by atoms with Crippen molar-refractivity contribution in [2.24, 2.45) is 0 Å². The van der Waals surface area contributed by atoms with E-state index in [2.05, 4.69) is 0 Å². The molecule has 0 aliphatic heterocycles. The van der Waals surface area contributed by atoms with Crippen LogP contribution in [-0.4, -0.2) is 35.1 Å². The first-order valence-electron chi connectivity index (χ1n) is 6.28. The standard InChI is InChI=1S/C15H20O3S2/c1-15(2,3)18-14(17)10-20-9-13(16)11-5-7-12(19-4)8-6-11/h5-8H,9-10H2,1-4H3. The zero-order valence-electron chi connectivity index (χ0n) is 12.3. The Balaban J connectivity index is 2.38. The zero-order valence-corrected chi connectivity index (χ0v) is 13.9. The molecule has 5 heteroatoms. The first kappa shape index (κ1) is 17.1. The van der Waals surface area contributed by atoms with Crippen molar-refractivity contribution in [3.8, 4) is 0 Å². The monoisotopic (exact) mass is 312 g/mol. The van der Waals surface area contributed by atoms with E-state index < -0.39 is 5.60 Å². The summed E-state index contributed by atoms with van der Waals surface area (Å²) in [6.07, 6.45) is 1.99. The molecule has 0 radical (unpaired) electrons. The lowest BCUT2D eigenvalue weighted by Crippen LogP contribution is -2.25. The van der Waals surface area contributed by atoms with Crippen LogP contribution in [0, 0.1) is 0 Å². The van der Waals surface area contributed by atoms with Gasteiger partial charge in [-0.25, -0.2) is 0 Å². The molecule has 0 bridgehead atoms. The molecule has 1 aromatic carbocycles. The maximum atomic E-state index is 11.9. The molecule has 0 atom stereocenters. The van der Waals surface area contributed by atoms with Crippen molar-refractivity contribution < 1.29 is 14.3 Å². The van der Waals surface area contributed by atoms with Crippen molar-refractivity contribution in [3.05, 3.63) is 29.8 Å². The van der Waals surface area contributed by atoms with Crippen LogP contribution in [0.3, 0.4) is 0 Å². The van der Waals surface area contributed by atoms with Crippen LogP contribution in [0.2, 0.25) is 0 Å². The quantitative estimate of drug-likeness (QED) is 0.455. The molecule has 0 heterocycles. The number of carbonyl (C=O) groups excluding carboxylic acids is 2. The lowest BCUT2D eigenvalue weighted by atomic mass is 10.1. The Morgan fingerprint density at radius 3 is 2.20 bits per heavy atom. The largest absolute Gasteiger partial charge is 0.459 e. The second-order valence-corrected chi connectivity index (χ2v) is 7.10. The van der Waals surface area contributed by atoms with Crippen molar-refractivity contribution in [2.75, 3.05) is 17.8 Å². The van der Waals surface area contributed by atoms with Crippen molar-refractivity contribution in [1.82, 2.24) is 0 Å². The van der Waals surface area contributed by atoms with Crippen LogP contribution in [0.1, 0.15) is 31.1 Å². The van der Waals surface area contributed by atoms with Crippen LogP contribution in [-0.2, 0) is 9.53 Å². The van der Waals surface area contributed by atoms with Crippen LogP contribution >= 0.6 is 23.5 Å². The Kier molecular flexibility index (Phi) is 6.62. The van der Waals surface area contributed by atoms with E-state index in [0.29, 0.717) is 5.56 Å². The van der Waals surface area contributed by atoms with Crippen molar-refractivity contribution in [1.29, 1.82) is 0 Å². The van der Waals surface area contributed by atoms with E-state index in [0.717, 1.165) is 4.90 Å². The van der Waals surface area contributed by atoms with Gasteiger partial charge in [-0.2, -0.15) is 0 Å². The van der Waals surface area contributed by atoms with Crippen LogP contribution < -0.4 is 0 Å². The molecular weight excluding hydrogens is 292 g/mol. The van der Waals surface area contributed by atoms with Gasteiger partial charge in [0.05, 0.1) is 11.5 Å². The van der Waals surface area contributed by atoms with Gasteiger partial charge in [-0.15, -0.1) is 23.5 Å². The van der Waals surface area contributed by atoms with Gasteiger partial charge < -0.3 is 4.74 Å². The number of esters is 1. The molecule has 3 nitrogen and oxygen atoms in total. The predicted molar refractivity (Wildman–Crippen MR) is 85.7 cm³/mol. The first-order valence-corrected chi connectivity index (χ1v) is 8.66. The smallest absolute Gasteiger partial charge is 0.316 e. The zero-order chi connectivity index (χ0) is 15.2. The molecule has 0 N–H and O–H groups in total. The number of ether oxygens (including phenoxy) is 1. The molecule has 0 saturated heterocycles. The van der Waals surface area contributed by atoms with Gasteiger partial charge in [0.2, 0.25) is 0 Å². The maximum Gasteiger partial charge on any atom is 0.316 e. The number of hydrogen-bond donors (Lipinski definition) is 0. The molecule has 0 unspecified atom stereocenters. The van der Waals surface area contributed by atoms with Crippen molar-refractivity contribution in [2.45, 2.75) is 31.3 Å². The number of rotatable bonds is 6. The second-order valence-electron chi connectivity index (χ2n) is 5.23. The summed E-state index contributed by atoms with van der Waals surface area (Å²) in [6, 6.07) is 7.50. The van der Waals surface area contributed by atoms with E-state index in [-0.39, 0.29) is 23.3 Å². The summed E-state index contributed by atoms with van der Waals surface area (Å²) in [4.78, 5) is 24.6. The van der Waals surface area contributed by atoms with Crippen LogP contribution in [0.25, 0.3) is 0 Å². The van der Waals surface area contributed by atoms with E-state index >= 15 is 0 Å². The van der Waals surface area contributed by atoms with E-state index in [4.69, 9.17) is 4.74 Å². The fraction of sp³-hybridized carbons (Fsp3) is 0.467. The average molecular weight is 312 g/mol. The molecular formula is C15H20O3S2. The summed E-state index contributed by atoms with van der Waals surface area (Å²) in [7, 11) is 0. The van der Waals surface area contributed by atoms with E-state index in [1.54, 1.807) is 11.8 Å². The van der Waals surface area contributed by atoms with Gasteiger partial charge in [-0.05, 0) is 39.2 Å². The number of thioether (sulfide) groups is 2. The fourth-order valence-electron chi connectivity index (χ4n) is 1.46. The summed E-state index contributed by atoms with van der Waals surface area (Å²) in [6.45, 7) is 5.48. The van der Waals surface area contributed by atoms with E-state index in [1.165, 1.54) is 11.8 Å². The molecule has 0 spiro atoms. The third-order valence-corrected chi connectivity index (χ3v) is 3.93. The molecule has 0 fully saturated rings. The Morgan fingerprint density at radius 1 is 1.10 bits per heavy atom. The van der Waals surface area contributed by atoms with Crippen molar-refractivity contribution in [3.63, 3.8) is 0 Å². The Hall–Kier alpha value is -0.940. The molecule has 0 amide bonds. The highest BCUT2D eigenvalue weighted by molar-refractivity contribution is 8.00. The Bertz CT molecular complexity index is 461. The average Bonchev–Trinajstić information content (AvgIpc) is 2.36. The first-order chi connectivity index (χ1) is 9.31. The number of ketones is 1. The van der Waals surface area contributed by atoms with Gasteiger partial charge in [0, 0.05) is 10.5 Å². The molecule has 0 saturated carbocycles. The highest BCUT2D eigenvalue weighted by atomic mass is 32.2. The topological polar surface area (TPSA) is 43.4 Å². The molecule has 1 aromatic rings. The summed E-state index contributed by atoms with van der Waals surface area (Å²) in [5.41, 5.74) is 0.203. The highest BCUT2D eigenvalue weighted by Gasteiger charge is 2.16. The van der Waals surface area contributed by atoms with Gasteiger partial charge in [-0.1, -0.05) is 12.1 Å².